The molecule has 3 aromatic carbocycles. The SMILES string of the molecule is CCOc1ccc(N2C(=O)c3ccccc3C2Nc2ccc(OC)c(OC)c2)cc1. The number of methoxy groups -OCH3 is 2. The maximum absolute atomic E-state index is 13.2. The van der Waals surface area contributed by atoms with Crippen LogP contribution in [-0.4, -0.2) is 26.7 Å². The fourth-order valence-electron chi connectivity index (χ4n) is 3.68. The summed E-state index contributed by atoms with van der Waals surface area (Å²) in [7, 11) is 3.20. The third-order valence-corrected chi connectivity index (χ3v) is 5.08. The van der Waals surface area contributed by atoms with E-state index < -0.39 is 0 Å². The Morgan fingerprint density at radius 2 is 1.67 bits per heavy atom. The molecule has 0 bridgehead atoms. The van der Waals surface area contributed by atoms with Crippen molar-refractivity contribution in [2.24, 2.45) is 0 Å². The van der Waals surface area contributed by atoms with Gasteiger partial charge in [0.05, 0.1) is 20.8 Å². The summed E-state index contributed by atoms with van der Waals surface area (Å²) in [5.74, 6) is 1.99. The number of hydrogen-bond acceptors (Lipinski definition) is 5. The molecule has 0 aromatic heterocycles. The van der Waals surface area contributed by atoms with Gasteiger partial charge in [-0.15, -0.1) is 0 Å². The number of carbonyl (C=O) groups is 1. The van der Waals surface area contributed by atoms with Gasteiger partial charge in [-0.3, -0.25) is 9.69 Å². The molecule has 1 N–H and O–H groups in total. The molecular weight excluding hydrogens is 380 g/mol. The lowest BCUT2D eigenvalue weighted by Gasteiger charge is -2.27. The molecule has 0 saturated carbocycles. The number of anilines is 2. The van der Waals surface area contributed by atoms with Gasteiger partial charge in [0.15, 0.2) is 11.5 Å². The zero-order valence-electron chi connectivity index (χ0n) is 17.2. The molecule has 1 aliphatic heterocycles. The number of carbonyl (C=O) groups excluding carboxylic acids is 1. The Kier molecular flexibility index (Phi) is 5.48. The number of nitrogens with zero attached hydrogens (tertiary/aromatic N) is 1. The predicted octanol–water partition coefficient (Wildman–Crippen LogP) is 4.87. The molecule has 0 spiro atoms. The topological polar surface area (TPSA) is 60.0 Å². The number of nitrogens with one attached hydrogen (secondary N) is 1. The average Bonchev–Trinajstić information content (AvgIpc) is 3.06. The Hall–Kier alpha value is -3.67. The molecule has 1 atom stereocenters. The summed E-state index contributed by atoms with van der Waals surface area (Å²) in [5, 5.41) is 3.48. The zero-order chi connectivity index (χ0) is 21.1. The van der Waals surface area contributed by atoms with Gasteiger partial charge in [-0.2, -0.15) is 0 Å². The number of hydrogen-bond donors (Lipinski definition) is 1. The molecule has 1 amide bonds. The lowest BCUT2D eigenvalue weighted by molar-refractivity contribution is 0.0993. The van der Waals surface area contributed by atoms with Crippen molar-refractivity contribution >= 4 is 17.3 Å². The van der Waals surface area contributed by atoms with Crippen LogP contribution in [0.15, 0.2) is 66.7 Å². The smallest absolute Gasteiger partial charge is 0.260 e. The third kappa shape index (κ3) is 3.52. The van der Waals surface area contributed by atoms with E-state index in [-0.39, 0.29) is 12.1 Å². The molecule has 1 aliphatic rings. The van der Waals surface area contributed by atoms with Crippen LogP contribution in [0.1, 0.15) is 29.0 Å². The summed E-state index contributed by atoms with van der Waals surface area (Å²) in [4.78, 5) is 15.0. The second-order valence-electron chi connectivity index (χ2n) is 6.81. The van der Waals surface area contributed by atoms with Crippen LogP contribution in [-0.2, 0) is 0 Å². The van der Waals surface area contributed by atoms with Gasteiger partial charge in [0, 0.05) is 28.6 Å². The Balaban J connectivity index is 1.71. The lowest BCUT2D eigenvalue weighted by Crippen LogP contribution is -2.32. The van der Waals surface area contributed by atoms with E-state index in [2.05, 4.69) is 5.32 Å². The Morgan fingerprint density at radius 3 is 2.37 bits per heavy atom. The average molecular weight is 404 g/mol. The highest BCUT2D eigenvalue weighted by atomic mass is 16.5. The van der Waals surface area contributed by atoms with Crippen LogP contribution in [0.4, 0.5) is 11.4 Å². The van der Waals surface area contributed by atoms with Crippen molar-refractivity contribution in [2.75, 3.05) is 31.0 Å². The normalized spacial score (nSPS) is 15.0. The van der Waals surface area contributed by atoms with E-state index in [9.17, 15) is 4.79 Å². The van der Waals surface area contributed by atoms with E-state index in [4.69, 9.17) is 14.2 Å². The quantitative estimate of drug-likeness (QED) is 0.609. The predicted molar refractivity (Wildman–Crippen MR) is 117 cm³/mol. The van der Waals surface area contributed by atoms with Crippen molar-refractivity contribution in [1.82, 2.24) is 0 Å². The van der Waals surface area contributed by atoms with Crippen molar-refractivity contribution in [1.29, 1.82) is 0 Å². The molecule has 6 heteroatoms. The van der Waals surface area contributed by atoms with E-state index >= 15 is 0 Å². The second kappa shape index (κ2) is 8.37. The van der Waals surface area contributed by atoms with Gasteiger partial charge in [0.25, 0.3) is 5.91 Å². The molecular formula is C24H24N2O4. The van der Waals surface area contributed by atoms with Gasteiger partial charge in [-0.1, -0.05) is 18.2 Å². The highest BCUT2D eigenvalue weighted by Crippen LogP contribution is 2.39. The van der Waals surface area contributed by atoms with Crippen molar-refractivity contribution in [3.8, 4) is 17.2 Å². The van der Waals surface area contributed by atoms with Crippen molar-refractivity contribution in [2.45, 2.75) is 13.1 Å². The Morgan fingerprint density at radius 1 is 0.933 bits per heavy atom. The molecule has 0 fully saturated rings. The minimum absolute atomic E-state index is 0.0484. The van der Waals surface area contributed by atoms with Gasteiger partial charge in [0.2, 0.25) is 0 Å². The van der Waals surface area contributed by atoms with Gasteiger partial charge in [0.1, 0.15) is 11.9 Å². The first kappa shape index (κ1) is 19.6. The molecule has 0 saturated heterocycles. The fourth-order valence-corrected chi connectivity index (χ4v) is 3.68. The van der Waals surface area contributed by atoms with E-state index in [0.29, 0.717) is 23.7 Å². The number of rotatable bonds is 7. The largest absolute Gasteiger partial charge is 0.494 e. The first-order valence-electron chi connectivity index (χ1n) is 9.80. The first-order chi connectivity index (χ1) is 14.7. The van der Waals surface area contributed by atoms with Crippen LogP contribution < -0.4 is 24.4 Å². The van der Waals surface area contributed by atoms with E-state index in [0.717, 1.165) is 22.7 Å². The molecule has 30 heavy (non-hydrogen) atoms. The highest BCUT2D eigenvalue weighted by Gasteiger charge is 2.37. The number of amides is 1. The molecule has 3 aromatic rings. The van der Waals surface area contributed by atoms with Crippen molar-refractivity contribution in [3.05, 3.63) is 77.9 Å². The summed E-state index contributed by atoms with van der Waals surface area (Å²) in [6, 6.07) is 20.8. The molecule has 154 valence electrons. The van der Waals surface area contributed by atoms with E-state index in [1.807, 2.05) is 73.7 Å². The van der Waals surface area contributed by atoms with E-state index in [1.54, 1.807) is 19.1 Å². The minimum atomic E-state index is -0.357. The van der Waals surface area contributed by atoms with Crippen LogP contribution in [0.5, 0.6) is 17.2 Å². The standard InChI is InChI=1S/C24H24N2O4/c1-4-30-18-12-10-17(11-13-18)26-23(19-7-5-6-8-20(19)24(26)27)25-16-9-14-21(28-2)22(15-16)29-3/h5-15,23,25H,4H2,1-3H3. The minimum Gasteiger partial charge on any atom is -0.494 e. The van der Waals surface area contributed by atoms with Gasteiger partial charge >= 0.3 is 0 Å². The first-order valence-corrected chi connectivity index (χ1v) is 9.80. The maximum atomic E-state index is 13.2. The van der Waals surface area contributed by atoms with Gasteiger partial charge < -0.3 is 19.5 Å². The summed E-state index contributed by atoms with van der Waals surface area (Å²) in [6.07, 6.45) is -0.357. The summed E-state index contributed by atoms with van der Waals surface area (Å²) in [6.45, 7) is 2.54. The van der Waals surface area contributed by atoms with E-state index in [1.165, 1.54) is 0 Å². The van der Waals surface area contributed by atoms with Gasteiger partial charge in [-0.25, -0.2) is 0 Å². The van der Waals surface area contributed by atoms with Gasteiger partial charge in [-0.05, 0) is 49.4 Å². The fraction of sp³-hybridized carbons (Fsp3) is 0.208. The van der Waals surface area contributed by atoms with Crippen LogP contribution in [0.3, 0.4) is 0 Å². The van der Waals surface area contributed by atoms with Crippen LogP contribution in [0.25, 0.3) is 0 Å². The number of ether oxygens (including phenoxy) is 3. The highest BCUT2D eigenvalue weighted by molar-refractivity contribution is 6.11. The summed E-state index contributed by atoms with van der Waals surface area (Å²) < 4.78 is 16.3. The Bertz CT molecular complexity index is 1050. The molecule has 1 heterocycles. The van der Waals surface area contributed by atoms with Crippen LogP contribution in [0, 0.1) is 0 Å². The monoisotopic (exact) mass is 404 g/mol. The second-order valence-corrected chi connectivity index (χ2v) is 6.81. The maximum Gasteiger partial charge on any atom is 0.260 e. The number of fused-ring (bicyclic) bond motifs is 1. The Labute approximate surface area is 176 Å². The van der Waals surface area contributed by atoms with Crippen LogP contribution in [0.2, 0.25) is 0 Å². The number of benzene rings is 3. The zero-order valence-corrected chi connectivity index (χ0v) is 17.2. The molecule has 4 rings (SSSR count). The lowest BCUT2D eigenvalue weighted by atomic mass is 10.1. The van der Waals surface area contributed by atoms with Crippen molar-refractivity contribution in [3.63, 3.8) is 0 Å². The van der Waals surface area contributed by atoms with Crippen LogP contribution >= 0.6 is 0 Å². The molecule has 0 aliphatic carbocycles. The molecule has 6 nitrogen and oxygen atoms in total. The summed E-state index contributed by atoms with van der Waals surface area (Å²) in [5.41, 5.74) is 3.21. The molecule has 0 radical (unpaired) electrons. The van der Waals surface area contributed by atoms with Crippen molar-refractivity contribution < 1.29 is 19.0 Å². The molecule has 1 unspecified atom stereocenters. The third-order valence-electron chi connectivity index (χ3n) is 5.08. The summed E-state index contributed by atoms with van der Waals surface area (Å²) >= 11 is 0.